The van der Waals surface area contributed by atoms with E-state index >= 15 is 0 Å². The molecule has 2 heterocycles. The molecule has 1 N–H and O–H groups in total. The van der Waals surface area contributed by atoms with Crippen molar-refractivity contribution in [3.05, 3.63) is 60.2 Å². The van der Waals surface area contributed by atoms with Gasteiger partial charge in [0.25, 0.3) is 0 Å². The van der Waals surface area contributed by atoms with Crippen LogP contribution in [0, 0.1) is 11.7 Å². The molecule has 2 aliphatic rings. The second kappa shape index (κ2) is 10.0. The van der Waals surface area contributed by atoms with E-state index in [1.807, 2.05) is 37.5 Å². The average Bonchev–Trinajstić information content (AvgIpc) is 3.55. The number of nitrogens with one attached hydrogen (secondary N) is 1. The maximum atomic E-state index is 13.5. The number of amides is 1. The summed E-state index contributed by atoms with van der Waals surface area (Å²) in [6, 6.07) is 12.9. The average molecular weight is 465 g/mol. The summed E-state index contributed by atoms with van der Waals surface area (Å²) in [5.74, 6) is 0.404. The molecule has 1 aliphatic carbocycles. The molecule has 0 bridgehead atoms. The van der Waals surface area contributed by atoms with Crippen LogP contribution in [-0.4, -0.2) is 40.9 Å². The van der Waals surface area contributed by atoms with E-state index in [2.05, 4.69) is 25.8 Å². The first-order valence-corrected chi connectivity index (χ1v) is 12.5. The van der Waals surface area contributed by atoms with Gasteiger partial charge in [-0.3, -0.25) is 0 Å². The molecule has 2 atom stereocenters. The van der Waals surface area contributed by atoms with E-state index in [4.69, 9.17) is 4.74 Å². The first-order valence-electron chi connectivity index (χ1n) is 12.5. The number of imidazole rings is 1. The van der Waals surface area contributed by atoms with Gasteiger partial charge >= 0.3 is 6.09 Å². The fourth-order valence-corrected chi connectivity index (χ4v) is 5.54. The molecule has 180 valence electrons. The van der Waals surface area contributed by atoms with Gasteiger partial charge in [0.2, 0.25) is 0 Å². The van der Waals surface area contributed by atoms with Crippen LogP contribution in [0.5, 0.6) is 0 Å². The largest absolute Gasteiger partial charge is 0.444 e. The molecule has 1 fully saturated rings. The van der Waals surface area contributed by atoms with Gasteiger partial charge in [-0.05, 0) is 61.6 Å². The highest BCUT2D eigenvalue weighted by Gasteiger charge is 2.26. The zero-order valence-electron chi connectivity index (χ0n) is 19.8. The summed E-state index contributed by atoms with van der Waals surface area (Å²) in [4.78, 5) is 19.6. The van der Waals surface area contributed by atoms with Crippen LogP contribution in [-0.2, 0) is 17.7 Å². The number of rotatable bonds is 8. The Bertz CT molecular complexity index is 1140. The third-order valence-corrected chi connectivity index (χ3v) is 7.16. The van der Waals surface area contributed by atoms with Gasteiger partial charge in [-0.1, -0.05) is 37.8 Å². The first-order chi connectivity index (χ1) is 16.5. The lowest BCUT2D eigenvalue weighted by Crippen LogP contribution is -2.43. The highest BCUT2D eigenvalue weighted by atomic mass is 19.1. The highest BCUT2D eigenvalue weighted by Crippen LogP contribution is 2.30. The van der Waals surface area contributed by atoms with Crippen molar-refractivity contribution in [1.29, 1.82) is 0 Å². The lowest BCUT2D eigenvalue weighted by atomic mass is 10.00. The number of para-hydroxylation sites is 2. The molecular weight excluding hydrogens is 431 g/mol. The lowest BCUT2D eigenvalue weighted by Gasteiger charge is -2.26. The summed E-state index contributed by atoms with van der Waals surface area (Å²) < 4.78 is 21.6. The van der Waals surface area contributed by atoms with E-state index in [0.717, 1.165) is 41.7 Å². The molecule has 5 rings (SSSR count). The minimum Gasteiger partial charge on any atom is -0.444 e. The zero-order chi connectivity index (χ0) is 23.5. The predicted molar refractivity (Wildman–Crippen MR) is 131 cm³/mol. The van der Waals surface area contributed by atoms with Crippen molar-refractivity contribution in [3.63, 3.8) is 0 Å². The monoisotopic (exact) mass is 464 g/mol. The maximum absolute atomic E-state index is 13.5. The minimum absolute atomic E-state index is 0.0929. The van der Waals surface area contributed by atoms with Crippen molar-refractivity contribution in [1.82, 2.24) is 14.9 Å². The Morgan fingerprint density at radius 1 is 1.21 bits per heavy atom. The van der Waals surface area contributed by atoms with E-state index in [1.54, 1.807) is 6.07 Å². The summed E-state index contributed by atoms with van der Waals surface area (Å²) in [5.41, 5.74) is 4.08. The number of carbonyl (C=O) groups excluding carboxylic acids is 1. The molecule has 1 saturated carbocycles. The lowest BCUT2D eigenvalue weighted by molar-refractivity contribution is 0.0711. The molecule has 1 amide bonds. The zero-order valence-corrected chi connectivity index (χ0v) is 19.8. The van der Waals surface area contributed by atoms with E-state index < -0.39 is 0 Å². The van der Waals surface area contributed by atoms with Crippen molar-refractivity contribution in [2.45, 2.75) is 64.1 Å². The third-order valence-electron chi connectivity index (χ3n) is 7.16. The van der Waals surface area contributed by atoms with Crippen LogP contribution < -0.4 is 10.2 Å². The molecule has 0 spiro atoms. The Labute approximate surface area is 200 Å². The number of benzene rings is 2. The number of halogens is 1. The Morgan fingerprint density at radius 2 is 2.03 bits per heavy atom. The van der Waals surface area contributed by atoms with Crippen molar-refractivity contribution >= 4 is 22.8 Å². The van der Waals surface area contributed by atoms with Crippen molar-refractivity contribution in [2.75, 3.05) is 18.0 Å². The SMILES string of the molecule is C[C@@H](CN1CCc2cc(F)ccc21)NC(=O)O[C@@H](CC1CCCC1)Cn1cnc2ccccc21. The smallest absolute Gasteiger partial charge is 0.407 e. The molecular formula is C27H33FN4O2. The second-order valence-corrected chi connectivity index (χ2v) is 9.81. The molecule has 1 aliphatic heterocycles. The third kappa shape index (κ3) is 5.18. The number of alkyl carbamates (subject to hydrolysis) is 1. The number of anilines is 1. The number of ether oxygens (including phenoxy) is 1. The van der Waals surface area contributed by atoms with Crippen LogP contribution in [0.25, 0.3) is 11.0 Å². The van der Waals surface area contributed by atoms with Gasteiger partial charge in [0.05, 0.1) is 23.9 Å². The summed E-state index contributed by atoms with van der Waals surface area (Å²) in [6.07, 6.45) is 7.89. The molecule has 6 nitrogen and oxygen atoms in total. The van der Waals surface area contributed by atoms with Crippen LogP contribution in [0.4, 0.5) is 14.9 Å². The van der Waals surface area contributed by atoms with Gasteiger partial charge in [0, 0.05) is 24.8 Å². The highest BCUT2D eigenvalue weighted by molar-refractivity contribution is 5.75. The van der Waals surface area contributed by atoms with E-state index in [-0.39, 0.29) is 24.1 Å². The summed E-state index contributed by atoms with van der Waals surface area (Å²) >= 11 is 0. The number of nitrogens with zero attached hydrogens (tertiary/aromatic N) is 3. The van der Waals surface area contributed by atoms with Crippen LogP contribution in [0.1, 0.15) is 44.6 Å². The Morgan fingerprint density at radius 3 is 2.88 bits per heavy atom. The summed E-state index contributed by atoms with van der Waals surface area (Å²) in [6.45, 7) is 4.08. The number of fused-ring (bicyclic) bond motifs is 2. The Kier molecular flexibility index (Phi) is 6.70. The van der Waals surface area contributed by atoms with E-state index in [9.17, 15) is 9.18 Å². The topological polar surface area (TPSA) is 59.4 Å². The van der Waals surface area contributed by atoms with Crippen LogP contribution in [0.3, 0.4) is 0 Å². The number of carbonyl (C=O) groups is 1. The Hall–Kier alpha value is -3.09. The van der Waals surface area contributed by atoms with Crippen molar-refractivity contribution in [3.8, 4) is 0 Å². The molecule has 34 heavy (non-hydrogen) atoms. The fraction of sp³-hybridized carbons (Fsp3) is 0.481. The van der Waals surface area contributed by atoms with E-state index in [1.165, 1.54) is 31.7 Å². The van der Waals surface area contributed by atoms with Gasteiger partial charge in [0.1, 0.15) is 11.9 Å². The van der Waals surface area contributed by atoms with Gasteiger partial charge in [-0.2, -0.15) is 0 Å². The predicted octanol–water partition coefficient (Wildman–Crippen LogP) is 5.30. The van der Waals surface area contributed by atoms with Crippen LogP contribution >= 0.6 is 0 Å². The van der Waals surface area contributed by atoms with Gasteiger partial charge in [-0.25, -0.2) is 14.2 Å². The van der Waals surface area contributed by atoms with Gasteiger partial charge < -0.3 is 19.5 Å². The standard InChI is InChI=1S/C27H33FN4O2/c1-19(16-31-13-12-21-15-22(28)10-11-25(21)31)30-27(33)34-23(14-20-6-2-3-7-20)17-32-18-29-24-8-4-5-9-26(24)32/h4-5,8-11,15,18-20,23H,2-3,6-7,12-14,16-17H2,1H3,(H,30,33)/t19-,23-/m0/s1. The number of aromatic nitrogens is 2. The second-order valence-electron chi connectivity index (χ2n) is 9.81. The minimum atomic E-state index is -0.376. The van der Waals surface area contributed by atoms with Crippen LogP contribution in [0.2, 0.25) is 0 Å². The van der Waals surface area contributed by atoms with Crippen molar-refractivity contribution < 1.29 is 13.9 Å². The number of hydrogen-bond acceptors (Lipinski definition) is 4. The maximum Gasteiger partial charge on any atom is 0.407 e. The Balaban J connectivity index is 1.21. The van der Waals surface area contributed by atoms with E-state index in [0.29, 0.717) is 19.0 Å². The quantitative estimate of drug-likeness (QED) is 0.491. The first kappa shape index (κ1) is 22.7. The van der Waals surface area contributed by atoms with Gasteiger partial charge in [0.15, 0.2) is 0 Å². The molecule has 0 saturated heterocycles. The normalized spacial score (nSPS) is 17.6. The molecule has 0 radical (unpaired) electrons. The molecule has 0 unspecified atom stereocenters. The molecule has 3 aromatic rings. The van der Waals surface area contributed by atoms with Crippen LogP contribution in [0.15, 0.2) is 48.8 Å². The van der Waals surface area contributed by atoms with Gasteiger partial charge in [-0.15, -0.1) is 0 Å². The fourth-order valence-electron chi connectivity index (χ4n) is 5.54. The molecule has 1 aromatic heterocycles. The summed E-state index contributed by atoms with van der Waals surface area (Å²) in [7, 11) is 0. The molecule has 2 aromatic carbocycles. The molecule has 7 heteroatoms. The number of hydrogen-bond donors (Lipinski definition) is 1. The summed E-state index contributed by atoms with van der Waals surface area (Å²) in [5, 5.41) is 3.02. The van der Waals surface area contributed by atoms with Crippen molar-refractivity contribution in [2.24, 2.45) is 5.92 Å².